The van der Waals surface area contributed by atoms with Gasteiger partial charge < -0.3 is 19.6 Å². The van der Waals surface area contributed by atoms with Crippen LogP contribution in [0.15, 0.2) is 72.8 Å². The lowest BCUT2D eigenvalue weighted by Gasteiger charge is -2.28. The van der Waals surface area contributed by atoms with E-state index < -0.39 is 17.7 Å². The largest absolute Gasteiger partial charge is 0.507 e. The quantitative estimate of drug-likeness (QED) is 0.265. The molecule has 0 bridgehead atoms. The van der Waals surface area contributed by atoms with Gasteiger partial charge in [-0.1, -0.05) is 69.0 Å². The number of carbonyl (C=O) groups is 2. The molecule has 0 aromatic heterocycles. The average molecular weight is 435 g/mol. The van der Waals surface area contributed by atoms with Crippen molar-refractivity contribution < 1.29 is 19.4 Å². The van der Waals surface area contributed by atoms with Crippen molar-refractivity contribution in [1.29, 1.82) is 0 Å². The summed E-state index contributed by atoms with van der Waals surface area (Å²) < 4.78 is 5.66. The molecule has 1 saturated heterocycles. The van der Waals surface area contributed by atoms with E-state index >= 15 is 0 Å². The minimum absolute atomic E-state index is 0.0987. The molecule has 1 N–H and O–H groups in total. The van der Waals surface area contributed by atoms with Gasteiger partial charge in [0.15, 0.2) is 0 Å². The summed E-state index contributed by atoms with van der Waals surface area (Å²) in [5, 5.41) is 11.1. The van der Waals surface area contributed by atoms with E-state index in [-0.39, 0.29) is 11.3 Å². The molecule has 1 unspecified atom stereocenters. The first-order chi connectivity index (χ1) is 15.5. The van der Waals surface area contributed by atoms with E-state index in [1.807, 2.05) is 30.3 Å². The lowest BCUT2D eigenvalue weighted by atomic mass is 9.95. The number of ether oxygens (including phenoxy) is 1. The zero-order valence-corrected chi connectivity index (χ0v) is 18.7. The van der Waals surface area contributed by atoms with Crippen molar-refractivity contribution in [3.05, 3.63) is 84.0 Å². The molecule has 3 rings (SSSR count). The van der Waals surface area contributed by atoms with Crippen LogP contribution in [0.3, 0.4) is 0 Å². The topological polar surface area (TPSA) is 70.1 Å². The number of amides is 1. The molecule has 1 aliphatic rings. The van der Waals surface area contributed by atoms with Crippen LogP contribution in [-0.4, -0.2) is 59.4 Å². The number of aliphatic hydroxyl groups excluding tert-OH is 1. The highest BCUT2D eigenvalue weighted by molar-refractivity contribution is 6.46. The van der Waals surface area contributed by atoms with E-state index in [0.29, 0.717) is 36.6 Å². The molecular weight excluding hydrogens is 404 g/mol. The Morgan fingerprint density at radius 3 is 2.50 bits per heavy atom. The Morgan fingerprint density at radius 2 is 1.84 bits per heavy atom. The summed E-state index contributed by atoms with van der Waals surface area (Å²) in [5.74, 6) is -0.835. The number of Topliss-reactive ketones (excluding diaryl/α,β-unsaturated/α-hetero) is 1. The first-order valence-corrected chi connectivity index (χ1v) is 10.9. The summed E-state index contributed by atoms with van der Waals surface area (Å²) in [7, 11) is 0. The molecular formula is C26H30N2O4. The molecule has 1 atom stereocenters. The van der Waals surface area contributed by atoms with Gasteiger partial charge in [-0.3, -0.25) is 9.59 Å². The van der Waals surface area contributed by atoms with Gasteiger partial charge in [-0.05, 0) is 30.8 Å². The van der Waals surface area contributed by atoms with Crippen molar-refractivity contribution in [2.75, 3.05) is 32.8 Å². The smallest absolute Gasteiger partial charge is 0.295 e. The zero-order chi connectivity index (χ0) is 23.1. The van der Waals surface area contributed by atoms with Crippen molar-refractivity contribution >= 4 is 17.4 Å². The van der Waals surface area contributed by atoms with Crippen molar-refractivity contribution in [3.8, 4) is 5.75 Å². The predicted molar refractivity (Wildman–Crippen MR) is 125 cm³/mol. The van der Waals surface area contributed by atoms with E-state index in [1.165, 1.54) is 0 Å². The third kappa shape index (κ3) is 4.92. The Labute approximate surface area is 189 Å². The van der Waals surface area contributed by atoms with E-state index in [9.17, 15) is 14.7 Å². The van der Waals surface area contributed by atoms with Gasteiger partial charge in [-0.2, -0.15) is 0 Å². The molecule has 2 aromatic rings. The fourth-order valence-electron chi connectivity index (χ4n) is 3.93. The van der Waals surface area contributed by atoms with Gasteiger partial charge >= 0.3 is 0 Å². The van der Waals surface area contributed by atoms with Gasteiger partial charge in [-0.25, -0.2) is 0 Å². The molecule has 1 heterocycles. The van der Waals surface area contributed by atoms with Gasteiger partial charge in [0, 0.05) is 18.7 Å². The molecule has 6 heteroatoms. The molecule has 0 aliphatic carbocycles. The Kier molecular flexibility index (Phi) is 7.84. The van der Waals surface area contributed by atoms with Crippen molar-refractivity contribution in [2.45, 2.75) is 19.9 Å². The molecule has 2 aromatic carbocycles. The standard InChI is InChI=1S/C26H30N2O4/c1-4-17-32-21-14-10-13-20(18-21)23-22(24(29)19-11-8-7-9-12-19)25(30)26(31)28(23)16-15-27(5-2)6-3/h4,7-14,18,23,29H,1,5-6,15-17H2,2-3H3/b24-22-. The van der Waals surface area contributed by atoms with Gasteiger partial charge in [-0.15, -0.1) is 0 Å². The molecule has 0 spiro atoms. The lowest BCUT2D eigenvalue weighted by molar-refractivity contribution is -0.140. The average Bonchev–Trinajstić information content (AvgIpc) is 3.08. The van der Waals surface area contributed by atoms with Crippen LogP contribution >= 0.6 is 0 Å². The van der Waals surface area contributed by atoms with Crippen LogP contribution in [0.25, 0.3) is 5.76 Å². The third-order valence-electron chi connectivity index (χ3n) is 5.68. The van der Waals surface area contributed by atoms with Crippen LogP contribution in [0.4, 0.5) is 0 Å². The number of likely N-dealkylation sites (tertiary alicyclic amines) is 1. The Bertz CT molecular complexity index is 996. The highest BCUT2D eigenvalue weighted by Gasteiger charge is 2.46. The third-order valence-corrected chi connectivity index (χ3v) is 5.68. The Morgan fingerprint density at radius 1 is 1.12 bits per heavy atom. The number of carbonyl (C=O) groups excluding carboxylic acids is 2. The number of hydrogen-bond acceptors (Lipinski definition) is 5. The highest BCUT2D eigenvalue weighted by atomic mass is 16.5. The van der Waals surface area contributed by atoms with Gasteiger partial charge in [0.05, 0.1) is 11.6 Å². The van der Waals surface area contributed by atoms with Crippen LogP contribution < -0.4 is 4.74 Å². The fraction of sp³-hybridized carbons (Fsp3) is 0.308. The molecule has 1 amide bonds. The fourth-order valence-corrected chi connectivity index (χ4v) is 3.93. The summed E-state index contributed by atoms with van der Waals surface area (Å²) in [5.41, 5.74) is 1.31. The number of aliphatic hydroxyl groups is 1. The van der Waals surface area contributed by atoms with Gasteiger partial charge in [0.2, 0.25) is 0 Å². The van der Waals surface area contributed by atoms with Crippen LogP contribution in [-0.2, 0) is 9.59 Å². The van der Waals surface area contributed by atoms with Crippen LogP contribution in [0, 0.1) is 0 Å². The number of likely N-dealkylation sites (N-methyl/N-ethyl adjacent to an activating group) is 1. The first-order valence-electron chi connectivity index (χ1n) is 10.9. The Balaban J connectivity index is 2.08. The van der Waals surface area contributed by atoms with Gasteiger partial charge in [0.1, 0.15) is 18.1 Å². The molecule has 6 nitrogen and oxygen atoms in total. The summed E-state index contributed by atoms with van der Waals surface area (Å²) in [6.45, 7) is 10.8. The molecule has 1 fully saturated rings. The van der Waals surface area contributed by atoms with Crippen molar-refractivity contribution in [3.63, 3.8) is 0 Å². The SMILES string of the molecule is C=CCOc1cccc(C2/C(=C(/O)c3ccccc3)C(=O)C(=O)N2CCN(CC)CC)c1. The van der Waals surface area contributed by atoms with E-state index in [0.717, 1.165) is 13.1 Å². The normalized spacial score (nSPS) is 17.7. The molecule has 0 saturated carbocycles. The van der Waals surface area contributed by atoms with E-state index in [1.54, 1.807) is 35.2 Å². The number of rotatable bonds is 10. The maximum absolute atomic E-state index is 13.1. The van der Waals surface area contributed by atoms with Crippen molar-refractivity contribution in [1.82, 2.24) is 9.80 Å². The molecule has 0 radical (unpaired) electrons. The summed E-state index contributed by atoms with van der Waals surface area (Å²) >= 11 is 0. The minimum atomic E-state index is -0.696. The number of hydrogen-bond donors (Lipinski definition) is 1. The zero-order valence-electron chi connectivity index (χ0n) is 18.7. The maximum atomic E-state index is 13.1. The highest BCUT2D eigenvalue weighted by Crippen LogP contribution is 2.40. The number of benzene rings is 2. The first kappa shape index (κ1) is 23.3. The summed E-state index contributed by atoms with van der Waals surface area (Å²) in [6, 6.07) is 15.4. The summed E-state index contributed by atoms with van der Waals surface area (Å²) in [6.07, 6.45) is 1.65. The molecule has 1 aliphatic heterocycles. The Hall–Kier alpha value is -3.38. The predicted octanol–water partition coefficient (Wildman–Crippen LogP) is 4.01. The molecule has 32 heavy (non-hydrogen) atoms. The van der Waals surface area contributed by atoms with Crippen LogP contribution in [0.5, 0.6) is 5.75 Å². The van der Waals surface area contributed by atoms with Crippen LogP contribution in [0.2, 0.25) is 0 Å². The second-order valence-electron chi connectivity index (χ2n) is 7.56. The second kappa shape index (κ2) is 10.8. The number of ketones is 1. The minimum Gasteiger partial charge on any atom is -0.507 e. The second-order valence-corrected chi connectivity index (χ2v) is 7.56. The van der Waals surface area contributed by atoms with Gasteiger partial charge in [0.25, 0.3) is 11.7 Å². The number of nitrogens with zero attached hydrogens (tertiary/aromatic N) is 2. The monoisotopic (exact) mass is 434 g/mol. The van der Waals surface area contributed by atoms with Crippen LogP contribution in [0.1, 0.15) is 31.0 Å². The summed E-state index contributed by atoms with van der Waals surface area (Å²) in [4.78, 5) is 29.9. The van der Waals surface area contributed by atoms with E-state index in [4.69, 9.17) is 4.74 Å². The maximum Gasteiger partial charge on any atom is 0.295 e. The van der Waals surface area contributed by atoms with Crippen molar-refractivity contribution in [2.24, 2.45) is 0 Å². The molecule has 168 valence electrons. The lowest BCUT2D eigenvalue weighted by Crippen LogP contribution is -2.38. The van der Waals surface area contributed by atoms with E-state index in [2.05, 4.69) is 25.3 Å².